The lowest BCUT2D eigenvalue weighted by Crippen LogP contribution is -2.23. The van der Waals surface area contributed by atoms with E-state index in [4.69, 9.17) is 17.0 Å². The quantitative estimate of drug-likeness (QED) is 0.754. The molecular weight excluding hydrogens is 196 g/mol. The summed E-state index contributed by atoms with van der Waals surface area (Å²) in [6.07, 6.45) is 1.92. The van der Waals surface area contributed by atoms with E-state index < -0.39 is 0 Å². The Bertz CT molecular complexity index is 374. The number of rotatable bonds is 1. The molecule has 1 saturated heterocycles. The van der Waals surface area contributed by atoms with Crippen LogP contribution in [0.5, 0.6) is 0 Å². The smallest absolute Gasteiger partial charge is 0.100 e. The molecule has 1 heterocycles. The number of benzene rings is 1. The maximum Gasteiger partial charge on any atom is 0.100 e. The lowest BCUT2D eigenvalue weighted by molar-refractivity contribution is 0.956. The van der Waals surface area contributed by atoms with E-state index in [1.807, 2.05) is 30.0 Å². The monoisotopic (exact) mass is 208 g/mol. The van der Waals surface area contributed by atoms with Crippen LogP contribution >= 0.6 is 11.6 Å². The third-order valence-corrected chi connectivity index (χ3v) is 2.82. The van der Waals surface area contributed by atoms with E-state index in [1.54, 1.807) is 0 Å². The molecule has 0 saturated carbocycles. The van der Waals surface area contributed by atoms with Crippen molar-refractivity contribution in [3.05, 3.63) is 28.8 Å². The summed E-state index contributed by atoms with van der Waals surface area (Å²) < 4.78 is 0. The Morgan fingerprint density at radius 1 is 1.43 bits per heavy atom. The van der Waals surface area contributed by atoms with Crippen LogP contribution in [0.4, 0.5) is 5.69 Å². The van der Waals surface area contributed by atoms with E-state index in [1.165, 1.54) is 0 Å². The van der Waals surface area contributed by atoms with Crippen molar-refractivity contribution in [3.8, 4) is 0 Å². The highest BCUT2D eigenvalue weighted by Gasteiger charge is 2.20. The van der Waals surface area contributed by atoms with E-state index in [0.29, 0.717) is 5.84 Å². The van der Waals surface area contributed by atoms with Crippen LogP contribution in [0.3, 0.4) is 0 Å². The number of nitrogens with zero attached hydrogens (tertiary/aromatic N) is 1. The fraction of sp³-hybridized carbons (Fsp3) is 0.364. The van der Waals surface area contributed by atoms with Gasteiger partial charge in [0.1, 0.15) is 5.84 Å². The average Bonchev–Trinajstić information content (AvgIpc) is 2.52. The Balaban J connectivity index is 2.36. The van der Waals surface area contributed by atoms with Gasteiger partial charge in [-0.15, -0.1) is 0 Å². The van der Waals surface area contributed by atoms with Crippen LogP contribution in [-0.4, -0.2) is 12.4 Å². The summed E-state index contributed by atoms with van der Waals surface area (Å²) in [5.41, 5.74) is 2.13. The van der Waals surface area contributed by atoms with Gasteiger partial charge in [-0.1, -0.05) is 17.7 Å². The summed E-state index contributed by atoms with van der Waals surface area (Å²) in [5, 5.41) is 8.51. The van der Waals surface area contributed by atoms with Crippen LogP contribution in [0.15, 0.2) is 18.2 Å². The Morgan fingerprint density at radius 2 is 2.21 bits per heavy atom. The molecule has 2 rings (SSSR count). The molecule has 3 heteroatoms. The first-order valence-electron chi connectivity index (χ1n) is 4.79. The second-order valence-electron chi connectivity index (χ2n) is 3.66. The molecule has 0 amide bonds. The van der Waals surface area contributed by atoms with Crippen molar-refractivity contribution in [2.24, 2.45) is 0 Å². The molecule has 0 radical (unpaired) electrons. The molecule has 0 unspecified atom stereocenters. The second-order valence-corrected chi connectivity index (χ2v) is 4.06. The van der Waals surface area contributed by atoms with Crippen LogP contribution in [-0.2, 0) is 0 Å². The van der Waals surface area contributed by atoms with Gasteiger partial charge in [-0.3, -0.25) is 5.41 Å². The van der Waals surface area contributed by atoms with E-state index in [0.717, 1.165) is 35.7 Å². The summed E-state index contributed by atoms with van der Waals surface area (Å²) in [4.78, 5) is 1.99. The van der Waals surface area contributed by atoms with Crippen LogP contribution in [0.25, 0.3) is 0 Å². The molecule has 2 nitrogen and oxygen atoms in total. The average molecular weight is 209 g/mol. The van der Waals surface area contributed by atoms with Gasteiger partial charge in [0.2, 0.25) is 0 Å². The topological polar surface area (TPSA) is 27.1 Å². The fourth-order valence-electron chi connectivity index (χ4n) is 1.77. The van der Waals surface area contributed by atoms with Gasteiger partial charge in [0.25, 0.3) is 0 Å². The van der Waals surface area contributed by atoms with Gasteiger partial charge in [-0.2, -0.15) is 0 Å². The predicted molar refractivity (Wildman–Crippen MR) is 60.5 cm³/mol. The third-order valence-electron chi connectivity index (χ3n) is 2.52. The first-order chi connectivity index (χ1) is 6.68. The standard InChI is InChI=1S/C11H13ClN2/c1-8-4-5-10(9(12)7-8)14-6-2-3-11(14)13/h4-5,7,13H,2-3,6H2,1H3. The zero-order chi connectivity index (χ0) is 10.1. The van der Waals surface area contributed by atoms with Crippen molar-refractivity contribution >= 4 is 23.1 Å². The molecule has 14 heavy (non-hydrogen) atoms. The van der Waals surface area contributed by atoms with Crippen LogP contribution in [0.1, 0.15) is 18.4 Å². The Morgan fingerprint density at radius 3 is 2.79 bits per heavy atom. The molecule has 1 aliphatic rings. The molecule has 74 valence electrons. The van der Waals surface area contributed by atoms with Gasteiger partial charge in [0.15, 0.2) is 0 Å². The minimum Gasteiger partial charge on any atom is -0.329 e. The number of amidine groups is 1. The molecule has 0 atom stereocenters. The minimum atomic E-state index is 0.677. The highest BCUT2D eigenvalue weighted by Crippen LogP contribution is 2.29. The Kier molecular flexibility index (Phi) is 2.46. The number of hydrogen-bond donors (Lipinski definition) is 1. The first-order valence-corrected chi connectivity index (χ1v) is 5.17. The minimum absolute atomic E-state index is 0.677. The summed E-state index contributed by atoms with van der Waals surface area (Å²) in [6.45, 7) is 2.94. The van der Waals surface area contributed by atoms with Gasteiger partial charge in [-0.25, -0.2) is 0 Å². The number of nitrogens with one attached hydrogen (secondary N) is 1. The summed E-state index contributed by atoms with van der Waals surface area (Å²) in [7, 11) is 0. The van der Waals surface area contributed by atoms with Crippen molar-refractivity contribution in [1.82, 2.24) is 0 Å². The highest BCUT2D eigenvalue weighted by molar-refractivity contribution is 6.34. The first kappa shape index (κ1) is 9.53. The summed E-state index contributed by atoms with van der Waals surface area (Å²) in [5.74, 6) is 0.677. The summed E-state index contributed by atoms with van der Waals surface area (Å²) >= 11 is 6.14. The molecule has 0 aromatic heterocycles. The van der Waals surface area contributed by atoms with Crippen molar-refractivity contribution in [1.29, 1.82) is 5.41 Å². The Labute approximate surface area is 89.0 Å². The van der Waals surface area contributed by atoms with Crippen molar-refractivity contribution in [2.45, 2.75) is 19.8 Å². The van der Waals surface area contributed by atoms with Gasteiger partial charge in [0, 0.05) is 13.0 Å². The van der Waals surface area contributed by atoms with E-state index in [9.17, 15) is 0 Å². The van der Waals surface area contributed by atoms with Crippen LogP contribution in [0, 0.1) is 12.3 Å². The normalized spacial score (nSPS) is 16.4. The van der Waals surface area contributed by atoms with Gasteiger partial charge in [-0.05, 0) is 31.0 Å². The fourth-order valence-corrected chi connectivity index (χ4v) is 2.11. The third kappa shape index (κ3) is 1.62. The molecule has 1 aromatic rings. The predicted octanol–water partition coefficient (Wildman–Crippen LogP) is 3.23. The number of hydrogen-bond acceptors (Lipinski definition) is 1. The molecular formula is C11H13ClN2. The second kappa shape index (κ2) is 3.62. The maximum absolute atomic E-state index is 7.76. The van der Waals surface area contributed by atoms with Gasteiger partial charge in [0.05, 0.1) is 10.7 Å². The zero-order valence-electron chi connectivity index (χ0n) is 8.18. The largest absolute Gasteiger partial charge is 0.329 e. The lowest BCUT2D eigenvalue weighted by Gasteiger charge is -2.19. The van der Waals surface area contributed by atoms with Gasteiger partial charge < -0.3 is 4.90 Å². The molecule has 1 N–H and O–H groups in total. The molecule has 0 bridgehead atoms. The number of halogens is 1. The van der Waals surface area contributed by atoms with Gasteiger partial charge >= 0.3 is 0 Å². The van der Waals surface area contributed by atoms with Crippen LogP contribution in [0.2, 0.25) is 5.02 Å². The van der Waals surface area contributed by atoms with E-state index >= 15 is 0 Å². The lowest BCUT2D eigenvalue weighted by atomic mass is 10.2. The number of anilines is 1. The van der Waals surface area contributed by atoms with Crippen molar-refractivity contribution in [2.75, 3.05) is 11.4 Å². The van der Waals surface area contributed by atoms with Crippen LogP contribution < -0.4 is 4.90 Å². The maximum atomic E-state index is 7.76. The Hall–Kier alpha value is -1.02. The molecule has 1 aromatic carbocycles. The molecule has 0 aliphatic carbocycles. The number of aryl methyl sites for hydroxylation is 1. The molecule has 1 fully saturated rings. The SMILES string of the molecule is Cc1ccc(N2CCCC2=N)c(Cl)c1. The van der Waals surface area contributed by atoms with Crippen molar-refractivity contribution in [3.63, 3.8) is 0 Å². The zero-order valence-corrected chi connectivity index (χ0v) is 8.93. The molecule has 0 spiro atoms. The molecule has 1 aliphatic heterocycles. The van der Waals surface area contributed by atoms with E-state index in [2.05, 4.69) is 0 Å². The summed E-state index contributed by atoms with van der Waals surface area (Å²) in [6, 6.07) is 5.98. The van der Waals surface area contributed by atoms with Crippen molar-refractivity contribution < 1.29 is 0 Å². The van der Waals surface area contributed by atoms with E-state index in [-0.39, 0.29) is 0 Å². The highest BCUT2D eigenvalue weighted by atomic mass is 35.5.